The molecule has 0 radical (unpaired) electrons. The Bertz CT molecular complexity index is 1210. The van der Waals surface area contributed by atoms with Crippen LogP contribution >= 0.6 is 0 Å². The number of imide groups is 1. The van der Waals surface area contributed by atoms with E-state index >= 15 is 0 Å². The number of hydrazone groups is 1. The third kappa shape index (κ3) is 2.95. The molecule has 2 aromatic carbocycles. The van der Waals surface area contributed by atoms with Gasteiger partial charge in [0.15, 0.2) is 6.04 Å². The fourth-order valence-corrected chi connectivity index (χ4v) is 5.06. The van der Waals surface area contributed by atoms with E-state index in [1.54, 1.807) is 25.3 Å². The first-order valence-electron chi connectivity index (χ1n) is 10.6. The van der Waals surface area contributed by atoms with Crippen LogP contribution in [-0.2, 0) is 23.9 Å². The number of para-hydroxylation sites is 1. The molecule has 3 aliphatic rings. The van der Waals surface area contributed by atoms with E-state index in [9.17, 15) is 19.2 Å². The highest BCUT2D eigenvalue weighted by Crippen LogP contribution is 2.53. The summed E-state index contributed by atoms with van der Waals surface area (Å²) in [6.45, 7) is 1.81. The quantitative estimate of drug-likeness (QED) is 0.521. The van der Waals surface area contributed by atoms with Gasteiger partial charge in [0.1, 0.15) is 0 Å². The molecule has 0 aromatic heterocycles. The van der Waals surface area contributed by atoms with Crippen LogP contribution in [0.25, 0.3) is 0 Å². The summed E-state index contributed by atoms with van der Waals surface area (Å²) < 4.78 is 10.1. The van der Waals surface area contributed by atoms with Crippen molar-refractivity contribution in [1.82, 2.24) is 5.01 Å². The van der Waals surface area contributed by atoms with E-state index in [1.165, 1.54) is 24.3 Å². The Labute approximate surface area is 189 Å². The largest absolute Gasteiger partial charge is 0.465 e. The molecule has 0 spiro atoms. The Hall–Kier alpha value is -4.01. The number of nitrogens with zero attached hydrogens (tertiary/aromatic N) is 3. The predicted octanol–water partition coefficient (Wildman–Crippen LogP) is 1.91. The number of rotatable bonds is 4. The number of hydrogen-bond acceptors (Lipinski definition) is 8. The molecule has 0 saturated carbocycles. The van der Waals surface area contributed by atoms with Crippen LogP contribution in [0.3, 0.4) is 0 Å². The monoisotopic (exact) mass is 447 g/mol. The molecule has 168 valence electrons. The minimum absolute atomic E-state index is 0.0910. The van der Waals surface area contributed by atoms with E-state index in [1.807, 2.05) is 24.3 Å². The molecule has 0 N–H and O–H groups in total. The van der Waals surface area contributed by atoms with Gasteiger partial charge in [-0.15, -0.1) is 0 Å². The Morgan fingerprint density at radius 3 is 2.45 bits per heavy atom. The van der Waals surface area contributed by atoms with Gasteiger partial charge in [-0.3, -0.25) is 14.6 Å². The van der Waals surface area contributed by atoms with Crippen molar-refractivity contribution in [1.29, 1.82) is 0 Å². The number of carbonyl (C=O) groups is 4. The van der Waals surface area contributed by atoms with Gasteiger partial charge in [0.2, 0.25) is 11.8 Å². The van der Waals surface area contributed by atoms with Gasteiger partial charge in [0.05, 0.1) is 49.1 Å². The van der Waals surface area contributed by atoms with Crippen molar-refractivity contribution in [3.05, 3.63) is 65.2 Å². The summed E-state index contributed by atoms with van der Waals surface area (Å²) in [5.74, 6) is -4.21. The zero-order chi connectivity index (χ0) is 23.3. The number of ether oxygens (including phenoxy) is 2. The highest BCUT2D eigenvalue weighted by atomic mass is 16.5. The van der Waals surface area contributed by atoms with Gasteiger partial charge in [0, 0.05) is 0 Å². The normalized spacial score (nSPS) is 24.9. The van der Waals surface area contributed by atoms with E-state index in [0.717, 1.165) is 16.0 Å². The summed E-state index contributed by atoms with van der Waals surface area (Å²) in [4.78, 5) is 53.8. The van der Waals surface area contributed by atoms with Crippen LogP contribution < -0.4 is 4.90 Å². The Kier molecular flexibility index (Phi) is 4.96. The van der Waals surface area contributed by atoms with Crippen molar-refractivity contribution < 1.29 is 28.7 Å². The van der Waals surface area contributed by atoms with E-state index in [4.69, 9.17) is 9.47 Å². The summed E-state index contributed by atoms with van der Waals surface area (Å²) in [5.41, 5.74) is 1.85. The van der Waals surface area contributed by atoms with Crippen molar-refractivity contribution in [2.45, 2.75) is 19.0 Å². The smallest absolute Gasteiger partial charge is 0.339 e. The average Bonchev–Trinajstić information content (AvgIpc) is 3.31. The number of esters is 2. The molecular weight excluding hydrogens is 426 g/mol. The van der Waals surface area contributed by atoms with Gasteiger partial charge in [-0.2, -0.15) is 5.10 Å². The number of anilines is 1. The van der Waals surface area contributed by atoms with E-state index in [2.05, 4.69) is 5.10 Å². The van der Waals surface area contributed by atoms with Crippen LogP contribution in [0.15, 0.2) is 53.6 Å². The molecule has 0 bridgehead atoms. The maximum absolute atomic E-state index is 13.8. The predicted molar refractivity (Wildman–Crippen MR) is 116 cm³/mol. The van der Waals surface area contributed by atoms with Gasteiger partial charge >= 0.3 is 11.9 Å². The van der Waals surface area contributed by atoms with Crippen molar-refractivity contribution in [2.24, 2.45) is 16.9 Å². The number of amides is 2. The minimum Gasteiger partial charge on any atom is -0.465 e. The highest BCUT2D eigenvalue weighted by Gasteiger charge is 2.66. The molecule has 0 unspecified atom stereocenters. The molecule has 9 nitrogen and oxygen atoms in total. The van der Waals surface area contributed by atoms with Crippen LogP contribution in [-0.4, -0.2) is 54.7 Å². The minimum atomic E-state index is -1.06. The van der Waals surface area contributed by atoms with Crippen molar-refractivity contribution in [3.8, 4) is 0 Å². The summed E-state index contributed by atoms with van der Waals surface area (Å²) in [7, 11) is 1.23. The average molecular weight is 447 g/mol. The first kappa shape index (κ1) is 20.9. The highest BCUT2D eigenvalue weighted by molar-refractivity contribution is 6.25. The molecule has 2 amide bonds. The van der Waals surface area contributed by atoms with Crippen molar-refractivity contribution in [3.63, 3.8) is 0 Å². The standard InChI is InChI=1S/C24H21N3O6/c1-3-33-24(31)20-18-17(19-14-9-5-4-8-13(14)12-25-27(19)20)21(28)26(22(18)29)16-11-7-6-10-15(16)23(30)32-2/h4-12,17-20H,3H2,1-2H3/t17-,18+,19+,20-/m0/s1. The fourth-order valence-electron chi connectivity index (χ4n) is 5.06. The molecule has 9 heteroatoms. The number of hydrogen-bond donors (Lipinski definition) is 0. The second kappa shape index (κ2) is 7.84. The lowest BCUT2D eigenvalue weighted by molar-refractivity contribution is -0.152. The molecule has 3 aliphatic heterocycles. The van der Waals surface area contributed by atoms with Gasteiger partial charge in [-0.25, -0.2) is 14.5 Å². The van der Waals surface area contributed by atoms with Gasteiger partial charge in [-0.1, -0.05) is 36.4 Å². The third-order valence-electron chi connectivity index (χ3n) is 6.37. The van der Waals surface area contributed by atoms with Crippen molar-refractivity contribution >= 4 is 35.7 Å². The second-order valence-corrected chi connectivity index (χ2v) is 7.97. The van der Waals surface area contributed by atoms with E-state index in [0.29, 0.717) is 0 Å². The summed E-state index contributed by atoms with van der Waals surface area (Å²) in [6.07, 6.45) is 1.62. The van der Waals surface area contributed by atoms with Crippen LogP contribution in [0.1, 0.15) is 34.5 Å². The first-order valence-corrected chi connectivity index (χ1v) is 10.6. The lowest BCUT2D eigenvalue weighted by Crippen LogP contribution is -2.45. The molecule has 4 atom stereocenters. The summed E-state index contributed by atoms with van der Waals surface area (Å²) in [5, 5.41) is 5.96. The SMILES string of the molecule is CCOC(=O)[C@@H]1[C@@H]2C(=O)N(c3ccccc3C(=O)OC)C(=O)[C@@H]2[C@H]2c3ccccc3C=NN12. The molecule has 2 aromatic rings. The summed E-state index contributed by atoms with van der Waals surface area (Å²) in [6, 6.07) is 12.0. The lowest BCUT2D eigenvalue weighted by atomic mass is 9.85. The Morgan fingerprint density at radius 1 is 1.00 bits per heavy atom. The number of carbonyl (C=O) groups excluding carboxylic acids is 4. The van der Waals surface area contributed by atoms with Gasteiger partial charge in [-0.05, 0) is 30.2 Å². The van der Waals surface area contributed by atoms with E-state index < -0.39 is 47.7 Å². The van der Waals surface area contributed by atoms with Crippen LogP contribution in [0.2, 0.25) is 0 Å². The van der Waals surface area contributed by atoms with Crippen LogP contribution in [0.5, 0.6) is 0 Å². The first-order chi connectivity index (χ1) is 16.0. The second-order valence-electron chi connectivity index (χ2n) is 7.97. The zero-order valence-electron chi connectivity index (χ0n) is 18.0. The third-order valence-corrected chi connectivity index (χ3v) is 6.37. The van der Waals surface area contributed by atoms with Gasteiger partial charge < -0.3 is 9.47 Å². The number of fused-ring (bicyclic) bond motifs is 5. The zero-order valence-corrected chi connectivity index (χ0v) is 18.0. The molecule has 2 saturated heterocycles. The number of benzene rings is 2. The molecule has 2 fully saturated rings. The lowest BCUT2D eigenvalue weighted by Gasteiger charge is -2.33. The molecule has 3 heterocycles. The Balaban J connectivity index is 1.65. The van der Waals surface area contributed by atoms with Gasteiger partial charge in [0.25, 0.3) is 0 Å². The van der Waals surface area contributed by atoms with Crippen LogP contribution in [0, 0.1) is 11.8 Å². The molecule has 0 aliphatic carbocycles. The number of methoxy groups -OCH3 is 1. The maximum atomic E-state index is 13.8. The van der Waals surface area contributed by atoms with Crippen LogP contribution in [0.4, 0.5) is 5.69 Å². The summed E-state index contributed by atoms with van der Waals surface area (Å²) >= 11 is 0. The fraction of sp³-hybridized carbons (Fsp3) is 0.292. The molecular formula is C24H21N3O6. The van der Waals surface area contributed by atoms with Crippen molar-refractivity contribution in [2.75, 3.05) is 18.6 Å². The Morgan fingerprint density at radius 2 is 1.70 bits per heavy atom. The van der Waals surface area contributed by atoms with E-state index in [-0.39, 0.29) is 17.9 Å². The maximum Gasteiger partial charge on any atom is 0.339 e. The molecule has 5 rings (SSSR count). The molecule has 33 heavy (non-hydrogen) atoms. The topological polar surface area (TPSA) is 106 Å².